The molecule has 0 spiro atoms. The molecule has 1 saturated heterocycles. The zero-order valence-corrected chi connectivity index (χ0v) is 16.8. The summed E-state index contributed by atoms with van der Waals surface area (Å²) in [6.45, 7) is 4.49. The zero-order chi connectivity index (χ0) is 18.8. The summed E-state index contributed by atoms with van der Waals surface area (Å²) < 4.78 is 13.5. The van der Waals surface area contributed by atoms with Gasteiger partial charge in [0.05, 0.1) is 6.04 Å². The summed E-state index contributed by atoms with van der Waals surface area (Å²) in [6, 6.07) is 10.5. The molecule has 27 heavy (non-hydrogen) atoms. The van der Waals surface area contributed by atoms with Crippen LogP contribution in [0.2, 0.25) is 0 Å². The fourth-order valence-electron chi connectivity index (χ4n) is 3.95. The van der Waals surface area contributed by atoms with Gasteiger partial charge < -0.3 is 24.3 Å². The number of likely N-dealkylation sites (tertiary alicyclic amines) is 1. The highest BCUT2D eigenvalue weighted by Crippen LogP contribution is 2.35. The topological polar surface area (TPSA) is 38.7 Å². The maximum absolute atomic E-state index is 5.84. The molecule has 0 radical (unpaired) electrons. The summed E-state index contributed by atoms with van der Waals surface area (Å²) in [5, 5.41) is 4.20. The minimum absolute atomic E-state index is 0.298. The van der Waals surface area contributed by atoms with Crippen molar-refractivity contribution in [1.82, 2.24) is 9.47 Å². The van der Waals surface area contributed by atoms with Crippen molar-refractivity contribution in [3.63, 3.8) is 0 Å². The molecule has 1 fully saturated rings. The van der Waals surface area contributed by atoms with Crippen LogP contribution in [0.25, 0.3) is 0 Å². The van der Waals surface area contributed by atoms with E-state index in [2.05, 4.69) is 47.1 Å². The Bertz CT molecular complexity index is 820. The van der Waals surface area contributed by atoms with Gasteiger partial charge in [-0.15, -0.1) is 0 Å². The molecule has 1 aromatic carbocycles. The Morgan fingerprint density at radius 2 is 1.93 bits per heavy atom. The van der Waals surface area contributed by atoms with Gasteiger partial charge in [0.2, 0.25) is 0 Å². The van der Waals surface area contributed by atoms with E-state index in [0.29, 0.717) is 19.3 Å². The Morgan fingerprint density at radius 1 is 1.11 bits per heavy atom. The second kappa shape index (κ2) is 7.80. The molecule has 0 bridgehead atoms. The Kier molecular flexibility index (Phi) is 5.25. The molecule has 2 atom stereocenters. The van der Waals surface area contributed by atoms with E-state index < -0.39 is 0 Å². The molecule has 1 N–H and O–H groups in total. The number of benzene rings is 1. The number of hydrogen-bond donors (Lipinski definition) is 1. The van der Waals surface area contributed by atoms with Gasteiger partial charge in [-0.3, -0.25) is 0 Å². The quantitative estimate of drug-likeness (QED) is 0.778. The third-order valence-corrected chi connectivity index (χ3v) is 5.89. The molecule has 5 nitrogen and oxygen atoms in total. The summed E-state index contributed by atoms with van der Waals surface area (Å²) in [4.78, 5) is 2.35. The Hall–Kier alpha value is -2.21. The van der Waals surface area contributed by atoms with Gasteiger partial charge in [0.15, 0.2) is 16.6 Å². The van der Waals surface area contributed by atoms with Crippen LogP contribution in [0.3, 0.4) is 0 Å². The van der Waals surface area contributed by atoms with Gasteiger partial charge in [-0.05, 0) is 61.7 Å². The van der Waals surface area contributed by atoms with Gasteiger partial charge in [-0.25, -0.2) is 0 Å². The molecule has 0 amide bonds. The van der Waals surface area contributed by atoms with E-state index in [9.17, 15) is 0 Å². The van der Waals surface area contributed by atoms with Crippen LogP contribution < -0.4 is 14.8 Å². The van der Waals surface area contributed by atoms with Gasteiger partial charge in [0.1, 0.15) is 13.2 Å². The minimum atomic E-state index is 0.298. The molecule has 2 aromatic rings. The van der Waals surface area contributed by atoms with Crippen LogP contribution in [0, 0.1) is 5.92 Å². The number of nitrogens with one attached hydrogen (secondary N) is 1. The van der Waals surface area contributed by atoms with E-state index in [1.54, 1.807) is 0 Å². The number of fused-ring (bicyclic) bond motifs is 1. The number of ether oxygens (including phenoxy) is 2. The summed E-state index contributed by atoms with van der Waals surface area (Å²) in [6.07, 6.45) is 5.60. The van der Waals surface area contributed by atoms with Crippen LogP contribution in [0.1, 0.15) is 37.9 Å². The van der Waals surface area contributed by atoms with E-state index in [4.69, 9.17) is 21.7 Å². The summed E-state index contributed by atoms with van der Waals surface area (Å²) >= 11 is 5.84. The van der Waals surface area contributed by atoms with E-state index in [0.717, 1.165) is 47.6 Å². The molecule has 6 heteroatoms. The summed E-state index contributed by atoms with van der Waals surface area (Å²) in [7, 11) is 2.11. The standard InChI is InChI=1S/C21H27N3O2S/c1-15-5-7-18(17-4-3-10-23(17)2)24(11-9-15)21(27)22-16-6-8-19-20(14-16)26-13-12-25-19/h3-4,6,8,10,14-15,18H,5,7,9,11-13H2,1-2H3,(H,22,27)/t15-,18-/m1/s1. The van der Waals surface area contributed by atoms with E-state index in [1.165, 1.54) is 12.1 Å². The van der Waals surface area contributed by atoms with Gasteiger partial charge in [0.25, 0.3) is 0 Å². The summed E-state index contributed by atoms with van der Waals surface area (Å²) in [5.74, 6) is 2.29. The number of rotatable bonds is 2. The molecule has 144 valence electrons. The molecule has 0 unspecified atom stereocenters. The third kappa shape index (κ3) is 3.90. The van der Waals surface area contributed by atoms with Gasteiger partial charge in [0, 0.05) is 37.2 Å². The average Bonchev–Trinajstić information content (AvgIpc) is 2.99. The predicted octanol–water partition coefficient (Wildman–Crippen LogP) is 4.36. The third-order valence-electron chi connectivity index (χ3n) is 5.55. The van der Waals surface area contributed by atoms with Gasteiger partial charge in [-0.1, -0.05) is 6.92 Å². The normalized spacial score (nSPS) is 22.2. The molecule has 4 rings (SSSR count). The van der Waals surface area contributed by atoms with Crippen LogP contribution in [0.5, 0.6) is 11.5 Å². The molecule has 1 aromatic heterocycles. The van der Waals surface area contributed by atoms with Crippen molar-refractivity contribution in [2.75, 3.05) is 25.1 Å². The lowest BCUT2D eigenvalue weighted by Gasteiger charge is -2.33. The fourth-order valence-corrected chi connectivity index (χ4v) is 4.28. The number of hydrogen-bond acceptors (Lipinski definition) is 3. The first-order chi connectivity index (χ1) is 13.1. The lowest BCUT2D eigenvalue weighted by atomic mass is 10.0. The predicted molar refractivity (Wildman–Crippen MR) is 112 cm³/mol. The number of aryl methyl sites for hydroxylation is 1. The highest BCUT2D eigenvalue weighted by atomic mass is 32.1. The second-order valence-electron chi connectivity index (χ2n) is 7.51. The fraction of sp³-hybridized carbons (Fsp3) is 0.476. The van der Waals surface area contributed by atoms with Crippen LogP contribution in [0.4, 0.5) is 5.69 Å². The Labute approximate surface area is 166 Å². The molecule has 2 aliphatic rings. The number of thiocarbonyl (C=S) groups is 1. The Balaban J connectivity index is 1.55. The first kappa shape index (κ1) is 18.2. The molecule has 2 aliphatic heterocycles. The highest BCUT2D eigenvalue weighted by Gasteiger charge is 2.28. The van der Waals surface area contributed by atoms with E-state index in [1.807, 2.05) is 18.2 Å². The first-order valence-corrected chi connectivity index (χ1v) is 10.1. The first-order valence-electron chi connectivity index (χ1n) is 9.70. The van der Waals surface area contributed by atoms with Crippen LogP contribution in [-0.2, 0) is 7.05 Å². The maximum Gasteiger partial charge on any atom is 0.173 e. The molecular formula is C21H27N3O2S. The number of nitrogens with zero attached hydrogens (tertiary/aromatic N) is 2. The van der Waals surface area contributed by atoms with E-state index >= 15 is 0 Å². The SMILES string of the molecule is C[C@@H]1CC[C@H](c2cccn2C)N(C(=S)Nc2ccc3c(c2)OCCO3)CC1. The largest absolute Gasteiger partial charge is 0.486 e. The van der Waals surface area contributed by atoms with Crippen molar-refractivity contribution >= 4 is 23.0 Å². The molecule has 3 heterocycles. The monoisotopic (exact) mass is 385 g/mol. The van der Waals surface area contributed by atoms with Gasteiger partial charge >= 0.3 is 0 Å². The zero-order valence-electron chi connectivity index (χ0n) is 16.0. The van der Waals surface area contributed by atoms with Crippen molar-refractivity contribution in [3.05, 3.63) is 42.2 Å². The lowest BCUT2D eigenvalue weighted by molar-refractivity contribution is 0.171. The second-order valence-corrected chi connectivity index (χ2v) is 7.90. The summed E-state index contributed by atoms with van der Waals surface area (Å²) in [5.41, 5.74) is 2.25. The molecule has 0 aliphatic carbocycles. The maximum atomic E-state index is 5.84. The van der Waals surface area contributed by atoms with Crippen molar-refractivity contribution in [3.8, 4) is 11.5 Å². The smallest absolute Gasteiger partial charge is 0.173 e. The van der Waals surface area contributed by atoms with Crippen LogP contribution in [-0.4, -0.2) is 34.3 Å². The van der Waals surface area contributed by atoms with E-state index in [-0.39, 0.29) is 0 Å². The Morgan fingerprint density at radius 3 is 2.70 bits per heavy atom. The minimum Gasteiger partial charge on any atom is -0.486 e. The van der Waals surface area contributed by atoms with Crippen molar-refractivity contribution < 1.29 is 9.47 Å². The van der Waals surface area contributed by atoms with Crippen LogP contribution >= 0.6 is 12.2 Å². The highest BCUT2D eigenvalue weighted by molar-refractivity contribution is 7.80. The van der Waals surface area contributed by atoms with Gasteiger partial charge in [-0.2, -0.15) is 0 Å². The molecular weight excluding hydrogens is 358 g/mol. The van der Waals surface area contributed by atoms with Crippen LogP contribution in [0.15, 0.2) is 36.5 Å². The van der Waals surface area contributed by atoms with Crippen molar-refractivity contribution in [1.29, 1.82) is 0 Å². The number of aromatic nitrogens is 1. The van der Waals surface area contributed by atoms with Crippen molar-refractivity contribution in [2.45, 2.75) is 32.2 Å². The number of anilines is 1. The molecule has 0 saturated carbocycles. The average molecular weight is 386 g/mol. The lowest BCUT2D eigenvalue weighted by Crippen LogP contribution is -2.38. The van der Waals surface area contributed by atoms with Crippen molar-refractivity contribution in [2.24, 2.45) is 13.0 Å².